The summed E-state index contributed by atoms with van der Waals surface area (Å²) in [5, 5.41) is 4.14. The molecule has 0 unspecified atom stereocenters. The number of halogens is 2. The first-order valence-electron chi connectivity index (χ1n) is 7.69. The number of aromatic nitrogens is 2. The van der Waals surface area contributed by atoms with Crippen LogP contribution in [0, 0.1) is 0 Å². The molecule has 3 rings (SSSR count). The van der Waals surface area contributed by atoms with E-state index >= 15 is 0 Å². The summed E-state index contributed by atoms with van der Waals surface area (Å²) < 4.78 is 10.8. The lowest BCUT2D eigenvalue weighted by Gasteiger charge is -2.11. The first-order chi connectivity index (χ1) is 12.6. The number of carbonyl (C=O) groups excluding carboxylic acids is 1. The molecule has 26 heavy (non-hydrogen) atoms. The quantitative estimate of drug-likeness (QED) is 0.694. The number of carbonyl (C=O) groups is 1. The Hall–Kier alpha value is -2.57. The Balaban J connectivity index is 1.66. The molecule has 6 nitrogen and oxygen atoms in total. The van der Waals surface area contributed by atoms with Crippen LogP contribution in [0.15, 0.2) is 42.7 Å². The largest absolute Gasteiger partial charge is 0.496 e. The van der Waals surface area contributed by atoms with E-state index in [1.54, 1.807) is 19.2 Å². The minimum atomic E-state index is -0.296. The van der Waals surface area contributed by atoms with Crippen LogP contribution in [0.4, 0.5) is 0 Å². The molecule has 1 aromatic heterocycles. The molecule has 0 saturated heterocycles. The van der Waals surface area contributed by atoms with Gasteiger partial charge in [0.15, 0.2) is 6.61 Å². The maximum atomic E-state index is 12.1. The van der Waals surface area contributed by atoms with Gasteiger partial charge >= 0.3 is 0 Å². The Kier molecular flexibility index (Phi) is 5.75. The van der Waals surface area contributed by atoms with Gasteiger partial charge in [-0.3, -0.25) is 4.79 Å². The number of para-hydroxylation sites is 1. The van der Waals surface area contributed by atoms with Gasteiger partial charge in [-0.15, -0.1) is 0 Å². The number of benzene rings is 2. The van der Waals surface area contributed by atoms with Gasteiger partial charge in [-0.25, -0.2) is 9.97 Å². The summed E-state index contributed by atoms with van der Waals surface area (Å²) in [5.41, 5.74) is 1.38. The van der Waals surface area contributed by atoms with Crippen molar-refractivity contribution >= 4 is 40.0 Å². The Morgan fingerprint density at radius 3 is 2.81 bits per heavy atom. The lowest BCUT2D eigenvalue weighted by atomic mass is 10.2. The standard InChI is InChI=1S/C18H15Cl2N3O3/c1-25-15-5-3-2-4-11(15)8-21-16(24)9-26-18-13-6-12(19)7-14(20)17(13)22-10-23-18/h2-7,10H,8-9H2,1H3,(H,21,24). The van der Waals surface area contributed by atoms with Crippen molar-refractivity contribution in [1.29, 1.82) is 0 Å². The summed E-state index contributed by atoms with van der Waals surface area (Å²) >= 11 is 12.1. The summed E-state index contributed by atoms with van der Waals surface area (Å²) in [6.07, 6.45) is 1.32. The van der Waals surface area contributed by atoms with E-state index in [9.17, 15) is 4.79 Å². The Morgan fingerprint density at radius 1 is 1.19 bits per heavy atom. The molecule has 1 amide bonds. The SMILES string of the molecule is COc1ccccc1CNC(=O)COc1ncnc2c(Cl)cc(Cl)cc12. The van der Waals surface area contributed by atoms with Gasteiger partial charge in [-0.05, 0) is 18.2 Å². The van der Waals surface area contributed by atoms with E-state index < -0.39 is 0 Å². The van der Waals surface area contributed by atoms with E-state index in [4.69, 9.17) is 32.7 Å². The molecule has 3 aromatic rings. The second-order valence-electron chi connectivity index (χ2n) is 5.34. The zero-order chi connectivity index (χ0) is 18.5. The van der Waals surface area contributed by atoms with Crippen molar-refractivity contribution in [3.63, 3.8) is 0 Å². The summed E-state index contributed by atoms with van der Waals surface area (Å²) in [4.78, 5) is 20.3. The second kappa shape index (κ2) is 8.21. The Morgan fingerprint density at radius 2 is 2.00 bits per heavy atom. The van der Waals surface area contributed by atoms with Gasteiger partial charge in [0, 0.05) is 17.1 Å². The van der Waals surface area contributed by atoms with E-state index in [-0.39, 0.29) is 18.4 Å². The van der Waals surface area contributed by atoms with Crippen LogP contribution in [0.3, 0.4) is 0 Å². The summed E-state index contributed by atoms with van der Waals surface area (Å²) in [6, 6.07) is 10.7. The van der Waals surface area contributed by atoms with Crippen LogP contribution < -0.4 is 14.8 Å². The van der Waals surface area contributed by atoms with E-state index in [1.807, 2.05) is 24.3 Å². The highest BCUT2D eigenvalue weighted by molar-refractivity contribution is 6.38. The average Bonchev–Trinajstić information content (AvgIpc) is 2.65. The van der Waals surface area contributed by atoms with Gasteiger partial charge in [0.2, 0.25) is 5.88 Å². The number of hydrogen-bond acceptors (Lipinski definition) is 5. The van der Waals surface area contributed by atoms with E-state index in [0.717, 1.165) is 5.56 Å². The predicted octanol–water partition coefficient (Wildman–Crippen LogP) is 3.64. The summed E-state index contributed by atoms with van der Waals surface area (Å²) in [5.74, 6) is 0.655. The molecular weight excluding hydrogens is 377 g/mol. The van der Waals surface area contributed by atoms with Crippen LogP contribution in [0.2, 0.25) is 10.0 Å². The molecule has 134 valence electrons. The Labute approximate surface area is 160 Å². The molecule has 1 heterocycles. The van der Waals surface area contributed by atoms with Crippen molar-refractivity contribution < 1.29 is 14.3 Å². The third kappa shape index (κ3) is 4.15. The molecular formula is C18H15Cl2N3O3. The van der Waals surface area contributed by atoms with E-state index in [1.165, 1.54) is 6.33 Å². The predicted molar refractivity (Wildman–Crippen MR) is 99.9 cm³/mol. The number of nitrogens with zero attached hydrogens (tertiary/aromatic N) is 2. The molecule has 0 spiro atoms. The Bertz CT molecular complexity index is 950. The maximum Gasteiger partial charge on any atom is 0.258 e. The van der Waals surface area contributed by atoms with Crippen molar-refractivity contribution in [1.82, 2.24) is 15.3 Å². The summed E-state index contributed by atoms with van der Waals surface area (Å²) in [6.45, 7) is 0.125. The zero-order valence-corrected chi connectivity index (χ0v) is 15.3. The molecule has 0 saturated carbocycles. The minimum absolute atomic E-state index is 0.203. The zero-order valence-electron chi connectivity index (χ0n) is 13.8. The highest BCUT2D eigenvalue weighted by atomic mass is 35.5. The third-order valence-corrected chi connectivity index (χ3v) is 4.14. The van der Waals surface area contributed by atoms with Crippen LogP contribution in [0.1, 0.15) is 5.56 Å². The second-order valence-corrected chi connectivity index (χ2v) is 6.18. The number of fused-ring (bicyclic) bond motifs is 1. The van der Waals surface area contributed by atoms with Crippen LogP contribution in [-0.2, 0) is 11.3 Å². The van der Waals surface area contributed by atoms with Gasteiger partial charge in [0.1, 0.15) is 12.1 Å². The molecule has 0 aliphatic carbocycles. The normalized spacial score (nSPS) is 10.6. The molecule has 0 aliphatic rings. The van der Waals surface area contributed by atoms with E-state index in [0.29, 0.717) is 33.2 Å². The number of hydrogen-bond donors (Lipinski definition) is 1. The fraction of sp³-hybridized carbons (Fsp3) is 0.167. The number of methoxy groups -OCH3 is 1. The minimum Gasteiger partial charge on any atom is -0.496 e. The van der Waals surface area contributed by atoms with Crippen LogP contribution in [0.25, 0.3) is 10.9 Å². The molecule has 0 radical (unpaired) electrons. The van der Waals surface area contributed by atoms with Crippen molar-refractivity contribution in [2.24, 2.45) is 0 Å². The lowest BCUT2D eigenvalue weighted by Crippen LogP contribution is -2.28. The fourth-order valence-electron chi connectivity index (χ4n) is 2.41. The van der Waals surface area contributed by atoms with Crippen molar-refractivity contribution in [2.45, 2.75) is 6.54 Å². The number of nitrogens with one attached hydrogen (secondary N) is 1. The average molecular weight is 392 g/mol. The highest BCUT2D eigenvalue weighted by Crippen LogP contribution is 2.30. The first-order valence-corrected chi connectivity index (χ1v) is 8.45. The monoisotopic (exact) mass is 391 g/mol. The van der Waals surface area contributed by atoms with Crippen molar-refractivity contribution in [3.05, 3.63) is 58.3 Å². The van der Waals surface area contributed by atoms with Crippen LogP contribution in [0.5, 0.6) is 11.6 Å². The van der Waals surface area contributed by atoms with Crippen molar-refractivity contribution in [2.75, 3.05) is 13.7 Å². The molecule has 0 atom stereocenters. The van der Waals surface area contributed by atoms with Gasteiger partial charge in [0.05, 0.1) is 23.0 Å². The molecule has 0 fully saturated rings. The van der Waals surface area contributed by atoms with Crippen LogP contribution in [-0.4, -0.2) is 29.6 Å². The van der Waals surface area contributed by atoms with E-state index in [2.05, 4.69) is 15.3 Å². The number of ether oxygens (including phenoxy) is 2. The molecule has 8 heteroatoms. The van der Waals surface area contributed by atoms with Gasteiger partial charge < -0.3 is 14.8 Å². The van der Waals surface area contributed by atoms with Gasteiger partial charge in [-0.2, -0.15) is 0 Å². The lowest BCUT2D eigenvalue weighted by molar-refractivity contribution is -0.123. The molecule has 0 bridgehead atoms. The molecule has 1 N–H and O–H groups in total. The molecule has 0 aliphatic heterocycles. The topological polar surface area (TPSA) is 73.3 Å². The fourth-order valence-corrected chi connectivity index (χ4v) is 2.95. The maximum absolute atomic E-state index is 12.1. The smallest absolute Gasteiger partial charge is 0.258 e. The first kappa shape index (κ1) is 18.2. The molecule has 2 aromatic carbocycles. The van der Waals surface area contributed by atoms with Gasteiger partial charge in [-0.1, -0.05) is 41.4 Å². The van der Waals surface area contributed by atoms with Gasteiger partial charge in [0.25, 0.3) is 5.91 Å². The van der Waals surface area contributed by atoms with Crippen molar-refractivity contribution in [3.8, 4) is 11.6 Å². The number of amides is 1. The number of rotatable bonds is 6. The van der Waals surface area contributed by atoms with Crippen LogP contribution >= 0.6 is 23.2 Å². The third-order valence-electron chi connectivity index (χ3n) is 3.63. The summed E-state index contributed by atoms with van der Waals surface area (Å²) in [7, 11) is 1.58. The highest BCUT2D eigenvalue weighted by Gasteiger charge is 2.12.